The number of fused-ring (bicyclic) bond motifs is 1. The van der Waals surface area contributed by atoms with Gasteiger partial charge < -0.3 is 15.1 Å². The topological polar surface area (TPSA) is 42.4 Å². The Morgan fingerprint density at radius 2 is 2.26 bits per heavy atom. The molecular weight excluding hydrogens is 236 g/mol. The molecule has 0 spiro atoms. The van der Waals surface area contributed by atoms with E-state index in [0.29, 0.717) is 0 Å². The Balaban J connectivity index is 1.70. The first-order valence-electron chi connectivity index (χ1n) is 7.19. The van der Waals surface area contributed by atoms with Gasteiger partial charge in [0.2, 0.25) is 0 Å². The largest absolute Gasteiger partial charge is 0.459 e. The Morgan fingerprint density at radius 3 is 3.05 bits per heavy atom. The van der Waals surface area contributed by atoms with Crippen LogP contribution in [0.15, 0.2) is 34.7 Å². The monoisotopic (exact) mass is 258 g/mol. The lowest BCUT2D eigenvalue weighted by atomic mass is 10.00. The van der Waals surface area contributed by atoms with E-state index in [-0.39, 0.29) is 6.04 Å². The van der Waals surface area contributed by atoms with Gasteiger partial charge in [0.05, 0.1) is 6.04 Å². The van der Waals surface area contributed by atoms with Gasteiger partial charge >= 0.3 is 0 Å². The number of hydrogen-bond acceptors (Lipinski definition) is 3. The van der Waals surface area contributed by atoms with Crippen molar-refractivity contribution in [2.75, 3.05) is 19.6 Å². The average molecular weight is 258 g/mol. The molecule has 3 nitrogen and oxygen atoms in total. The summed E-state index contributed by atoms with van der Waals surface area (Å²) >= 11 is 0. The number of hydrogen-bond donors (Lipinski definition) is 1. The molecule has 1 aliphatic rings. The predicted molar refractivity (Wildman–Crippen MR) is 78.0 cm³/mol. The van der Waals surface area contributed by atoms with Gasteiger partial charge in [0.1, 0.15) is 11.3 Å². The summed E-state index contributed by atoms with van der Waals surface area (Å²) in [4.78, 5) is 2.46. The van der Waals surface area contributed by atoms with Crippen molar-refractivity contribution >= 4 is 11.0 Å². The second kappa shape index (κ2) is 5.35. The van der Waals surface area contributed by atoms with E-state index < -0.39 is 0 Å². The van der Waals surface area contributed by atoms with E-state index in [2.05, 4.69) is 24.0 Å². The van der Waals surface area contributed by atoms with Gasteiger partial charge in [-0.05, 0) is 37.4 Å². The highest BCUT2D eigenvalue weighted by Crippen LogP contribution is 2.24. The molecule has 2 aromatic rings. The fourth-order valence-electron chi connectivity index (χ4n) is 3.01. The van der Waals surface area contributed by atoms with Gasteiger partial charge in [0.25, 0.3) is 0 Å². The molecule has 0 amide bonds. The van der Waals surface area contributed by atoms with Crippen molar-refractivity contribution < 1.29 is 4.42 Å². The third-order valence-corrected chi connectivity index (χ3v) is 4.01. The number of rotatable bonds is 3. The molecule has 2 N–H and O–H groups in total. The lowest BCUT2D eigenvalue weighted by Gasteiger charge is -2.32. The van der Waals surface area contributed by atoms with Crippen LogP contribution in [0.1, 0.15) is 31.6 Å². The molecule has 2 atom stereocenters. The number of para-hydroxylation sites is 1. The molecule has 2 unspecified atom stereocenters. The maximum Gasteiger partial charge on any atom is 0.134 e. The first-order valence-corrected chi connectivity index (χ1v) is 7.19. The van der Waals surface area contributed by atoms with E-state index in [1.54, 1.807) is 0 Å². The Morgan fingerprint density at radius 1 is 1.42 bits per heavy atom. The van der Waals surface area contributed by atoms with Gasteiger partial charge in [-0.2, -0.15) is 0 Å². The SMILES string of the molecule is CC1CCCN(CC(N)c2cc3ccccc3o2)C1. The Hall–Kier alpha value is -1.32. The lowest BCUT2D eigenvalue weighted by molar-refractivity contribution is 0.170. The number of nitrogens with two attached hydrogens (primary N) is 1. The second-order valence-corrected chi connectivity index (χ2v) is 5.80. The minimum absolute atomic E-state index is 0.0299. The molecule has 1 aliphatic heterocycles. The van der Waals surface area contributed by atoms with Crippen molar-refractivity contribution in [1.29, 1.82) is 0 Å². The van der Waals surface area contributed by atoms with Gasteiger partial charge in [-0.3, -0.25) is 0 Å². The van der Waals surface area contributed by atoms with Crippen LogP contribution < -0.4 is 5.73 Å². The molecule has 1 aromatic carbocycles. The highest BCUT2D eigenvalue weighted by Gasteiger charge is 2.20. The van der Waals surface area contributed by atoms with Gasteiger partial charge in [0.15, 0.2) is 0 Å². The van der Waals surface area contributed by atoms with Crippen LogP contribution >= 0.6 is 0 Å². The molecule has 102 valence electrons. The molecule has 1 fully saturated rings. The highest BCUT2D eigenvalue weighted by molar-refractivity contribution is 5.77. The third kappa shape index (κ3) is 2.82. The quantitative estimate of drug-likeness (QED) is 0.919. The van der Waals surface area contributed by atoms with Crippen molar-refractivity contribution in [2.24, 2.45) is 11.7 Å². The zero-order valence-electron chi connectivity index (χ0n) is 11.5. The summed E-state index contributed by atoms with van der Waals surface area (Å²) in [5.74, 6) is 1.69. The first-order chi connectivity index (χ1) is 9.22. The van der Waals surface area contributed by atoms with Crippen LogP contribution in [0.25, 0.3) is 11.0 Å². The van der Waals surface area contributed by atoms with Crippen molar-refractivity contribution in [3.8, 4) is 0 Å². The normalized spacial score (nSPS) is 22.7. The minimum atomic E-state index is -0.0299. The maximum atomic E-state index is 6.30. The van der Waals surface area contributed by atoms with Gasteiger partial charge in [-0.25, -0.2) is 0 Å². The number of furan rings is 1. The Labute approximate surface area is 114 Å². The molecule has 1 aromatic heterocycles. The number of nitrogens with zero attached hydrogens (tertiary/aromatic N) is 1. The summed E-state index contributed by atoms with van der Waals surface area (Å²) in [6.07, 6.45) is 2.63. The van der Waals surface area contributed by atoms with E-state index in [9.17, 15) is 0 Å². The number of benzene rings is 1. The van der Waals surface area contributed by atoms with Crippen LogP contribution in [-0.4, -0.2) is 24.5 Å². The predicted octanol–water partition coefficient (Wildman–Crippen LogP) is 3.16. The van der Waals surface area contributed by atoms with Crippen LogP contribution in [0.5, 0.6) is 0 Å². The fraction of sp³-hybridized carbons (Fsp3) is 0.500. The maximum absolute atomic E-state index is 6.30. The molecule has 2 heterocycles. The lowest BCUT2D eigenvalue weighted by Crippen LogP contribution is -2.38. The van der Waals surface area contributed by atoms with E-state index in [0.717, 1.165) is 42.3 Å². The highest BCUT2D eigenvalue weighted by atomic mass is 16.3. The average Bonchev–Trinajstić information content (AvgIpc) is 2.82. The number of likely N-dealkylation sites (tertiary alicyclic amines) is 1. The smallest absolute Gasteiger partial charge is 0.134 e. The molecule has 0 radical (unpaired) electrons. The molecule has 19 heavy (non-hydrogen) atoms. The van der Waals surface area contributed by atoms with E-state index in [1.165, 1.54) is 12.8 Å². The van der Waals surface area contributed by atoms with Crippen LogP contribution in [0.3, 0.4) is 0 Å². The summed E-state index contributed by atoms with van der Waals surface area (Å²) in [5, 5.41) is 1.14. The minimum Gasteiger partial charge on any atom is -0.459 e. The van der Waals surface area contributed by atoms with Gasteiger partial charge in [-0.15, -0.1) is 0 Å². The zero-order valence-corrected chi connectivity index (χ0v) is 11.5. The first kappa shape index (κ1) is 12.7. The summed E-state index contributed by atoms with van der Waals surface area (Å²) in [6, 6.07) is 10.1. The van der Waals surface area contributed by atoms with Gasteiger partial charge in [-0.1, -0.05) is 25.1 Å². The molecule has 0 saturated carbocycles. The van der Waals surface area contributed by atoms with Crippen LogP contribution in [0, 0.1) is 5.92 Å². The van der Waals surface area contributed by atoms with Crippen molar-refractivity contribution in [3.63, 3.8) is 0 Å². The van der Waals surface area contributed by atoms with Crippen LogP contribution in [0.2, 0.25) is 0 Å². The van der Waals surface area contributed by atoms with E-state index in [4.69, 9.17) is 10.2 Å². The molecule has 0 aliphatic carbocycles. The summed E-state index contributed by atoms with van der Waals surface area (Å²) in [7, 11) is 0. The van der Waals surface area contributed by atoms with E-state index in [1.807, 2.05) is 18.2 Å². The van der Waals surface area contributed by atoms with Crippen molar-refractivity contribution in [2.45, 2.75) is 25.8 Å². The van der Waals surface area contributed by atoms with Gasteiger partial charge in [0, 0.05) is 18.5 Å². The molecule has 0 bridgehead atoms. The summed E-state index contributed by atoms with van der Waals surface area (Å²) < 4.78 is 5.85. The molecule has 3 heteroatoms. The third-order valence-electron chi connectivity index (χ3n) is 4.01. The molecule has 3 rings (SSSR count). The number of piperidine rings is 1. The van der Waals surface area contributed by atoms with Crippen molar-refractivity contribution in [3.05, 3.63) is 36.1 Å². The van der Waals surface area contributed by atoms with E-state index >= 15 is 0 Å². The Kier molecular flexibility index (Phi) is 3.58. The van der Waals surface area contributed by atoms with Crippen LogP contribution in [-0.2, 0) is 0 Å². The Bertz CT molecular complexity index is 515. The standard InChI is InChI=1S/C16H22N2O/c1-12-5-4-8-18(10-12)11-14(17)16-9-13-6-2-3-7-15(13)19-16/h2-3,6-7,9,12,14H,4-5,8,10-11,17H2,1H3. The van der Waals surface area contributed by atoms with Crippen molar-refractivity contribution in [1.82, 2.24) is 4.90 Å². The zero-order chi connectivity index (χ0) is 13.2. The fourth-order valence-corrected chi connectivity index (χ4v) is 3.01. The summed E-state index contributed by atoms with van der Waals surface area (Å²) in [5.41, 5.74) is 7.23. The second-order valence-electron chi connectivity index (χ2n) is 5.80. The molecule has 1 saturated heterocycles. The summed E-state index contributed by atoms with van der Waals surface area (Å²) in [6.45, 7) is 5.54. The van der Waals surface area contributed by atoms with Crippen LogP contribution in [0.4, 0.5) is 0 Å². The molecular formula is C16H22N2O.